The Morgan fingerprint density at radius 2 is 1.74 bits per heavy atom. The molecule has 2 amide bonds. The van der Waals surface area contributed by atoms with Crippen molar-refractivity contribution in [3.05, 3.63) is 34.8 Å². The van der Waals surface area contributed by atoms with E-state index >= 15 is 0 Å². The van der Waals surface area contributed by atoms with E-state index in [0.717, 1.165) is 45.3 Å². The van der Waals surface area contributed by atoms with Crippen LogP contribution in [-0.4, -0.2) is 46.3 Å². The molecular weight excluding hydrogens is 458 g/mol. The van der Waals surface area contributed by atoms with Crippen LogP contribution in [0.15, 0.2) is 29.1 Å². The Hall–Kier alpha value is -1.80. The summed E-state index contributed by atoms with van der Waals surface area (Å²) in [5.41, 5.74) is 10.4. The van der Waals surface area contributed by atoms with E-state index in [1.165, 1.54) is 12.8 Å². The number of hydrogen-bond acceptors (Lipinski definition) is 5. The summed E-state index contributed by atoms with van der Waals surface area (Å²) in [5.74, 6) is -1.18. The minimum Gasteiger partial charge on any atom is -0.369 e. The van der Waals surface area contributed by atoms with Crippen LogP contribution in [-0.2, 0) is 15.0 Å². The van der Waals surface area contributed by atoms with Gasteiger partial charge in [0.1, 0.15) is 10.0 Å². The molecule has 2 bridgehead atoms. The van der Waals surface area contributed by atoms with Crippen LogP contribution in [0, 0.1) is 22.7 Å². The molecule has 0 aromatic carbocycles. The lowest BCUT2D eigenvalue weighted by molar-refractivity contribution is -0.144. The number of primary amides is 2. The minimum absolute atomic E-state index is 0.0766. The lowest BCUT2D eigenvalue weighted by Gasteiger charge is -2.47. The topological polar surface area (TPSA) is 115 Å². The number of carbonyl (C=O) groups is 2. The van der Waals surface area contributed by atoms with E-state index in [9.17, 15) is 9.59 Å². The van der Waals surface area contributed by atoms with Gasteiger partial charge in [-0.05, 0) is 85.4 Å². The zero-order valence-electron chi connectivity index (χ0n) is 17.7. The number of amides is 2. The smallest absolute Gasteiger partial charge is 0.231 e. The second kappa shape index (κ2) is 7.37. The van der Waals surface area contributed by atoms with Crippen molar-refractivity contribution in [2.24, 2.45) is 34.1 Å². The maximum atomic E-state index is 13.4. The van der Waals surface area contributed by atoms with E-state index in [0.29, 0.717) is 16.7 Å². The maximum absolute atomic E-state index is 13.4. The van der Waals surface area contributed by atoms with Crippen molar-refractivity contribution in [2.45, 2.75) is 50.4 Å². The summed E-state index contributed by atoms with van der Waals surface area (Å²) in [7, 11) is 0. The van der Waals surface area contributed by atoms with Crippen molar-refractivity contribution in [1.29, 1.82) is 0 Å². The molecule has 4 N–H and O–H groups in total. The van der Waals surface area contributed by atoms with Crippen molar-refractivity contribution in [3.8, 4) is 0 Å². The Kier molecular flexibility index (Phi) is 5.01. The summed E-state index contributed by atoms with van der Waals surface area (Å²) >= 11 is 3.33. The number of hydrogen-bond donors (Lipinski definition) is 2. The van der Waals surface area contributed by atoms with Crippen LogP contribution in [0.1, 0.15) is 50.6 Å². The van der Waals surface area contributed by atoms with Crippen LogP contribution < -0.4 is 11.5 Å². The second-order valence-electron chi connectivity index (χ2n) is 9.81. The van der Waals surface area contributed by atoms with Crippen LogP contribution in [0.2, 0.25) is 0 Å². The summed E-state index contributed by atoms with van der Waals surface area (Å²) in [6.45, 7) is 3.32. The molecule has 2 saturated carbocycles. The van der Waals surface area contributed by atoms with Crippen LogP contribution in [0.3, 0.4) is 0 Å². The fraction of sp³-hybridized carbons (Fsp3) is 0.652. The first kappa shape index (κ1) is 21.1. The molecule has 4 atom stereocenters. The monoisotopic (exact) mass is 487 g/mol. The van der Waals surface area contributed by atoms with Crippen LogP contribution >= 0.6 is 15.9 Å². The number of unbranched alkanes of at least 4 members (excludes halogenated alkanes) is 1. The van der Waals surface area contributed by atoms with Gasteiger partial charge in [0.25, 0.3) is 0 Å². The lowest BCUT2D eigenvalue weighted by Crippen LogP contribution is -2.62. The van der Waals surface area contributed by atoms with Gasteiger partial charge in [0, 0.05) is 5.92 Å². The first-order valence-corrected chi connectivity index (χ1v) is 12.2. The summed E-state index contributed by atoms with van der Waals surface area (Å²) in [5, 5.41) is 0. The van der Waals surface area contributed by atoms with Gasteiger partial charge in [-0.2, -0.15) is 0 Å². The second-order valence-corrected chi connectivity index (χ2v) is 10.6. The number of carbonyl (C=O) groups excluding carboxylic acids is 2. The van der Waals surface area contributed by atoms with Gasteiger partial charge >= 0.3 is 0 Å². The molecule has 8 heteroatoms. The number of rotatable bonds is 8. The molecule has 166 valence electrons. The Morgan fingerprint density at radius 1 is 1.03 bits per heavy atom. The van der Waals surface area contributed by atoms with Gasteiger partial charge < -0.3 is 16.4 Å². The molecule has 31 heavy (non-hydrogen) atoms. The van der Waals surface area contributed by atoms with E-state index in [4.69, 9.17) is 11.5 Å². The molecule has 2 heterocycles. The van der Waals surface area contributed by atoms with Crippen LogP contribution in [0.4, 0.5) is 0 Å². The number of likely N-dealkylation sites (tertiary alicyclic amines) is 1. The molecular formula is C23H30BrN5O2. The molecule has 7 nitrogen and oxygen atoms in total. The Morgan fingerprint density at radius 3 is 2.32 bits per heavy atom. The quantitative estimate of drug-likeness (QED) is 0.431. The standard InChI is InChI=1S/C23H30BrN5O2/c24-18-14-27-17(13-28-18)23(20(26)31)16-6-5-15(21(16)8-9-21)22(23,19(25)30)7-1-2-10-29-11-3-4-12-29/h5-6,13-16H,1-4,7-12H2,(H2,25,30)(H2,26,31)/t15-,16+,22+,23-/m1/s1. The van der Waals surface area contributed by atoms with Crippen molar-refractivity contribution in [1.82, 2.24) is 14.9 Å². The average Bonchev–Trinajstić information content (AvgIpc) is 3.11. The summed E-state index contributed by atoms with van der Waals surface area (Å²) in [6.07, 6.45) is 14.2. The van der Waals surface area contributed by atoms with E-state index in [1.54, 1.807) is 12.4 Å². The van der Waals surface area contributed by atoms with Gasteiger partial charge in [-0.1, -0.05) is 18.6 Å². The predicted octanol–water partition coefficient (Wildman–Crippen LogP) is 2.30. The number of halogens is 1. The number of allylic oxidation sites excluding steroid dienone is 2. The fourth-order valence-corrected chi connectivity index (χ4v) is 7.50. The highest BCUT2D eigenvalue weighted by atomic mass is 79.9. The van der Waals surface area contributed by atoms with Gasteiger partial charge in [0.05, 0.1) is 23.5 Å². The zero-order valence-corrected chi connectivity index (χ0v) is 19.3. The van der Waals surface area contributed by atoms with Crippen LogP contribution in [0.25, 0.3) is 0 Å². The maximum Gasteiger partial charge on any atom is 0.231 e. The van der Waals surface area contributed by atoms with E-state index in [2.05, 4.69) is 42.9 Å². The Labute approximate surface area is 191 Å². The van der Waals surface area contributed by atoms with Gasteiger partial charge in [-0.15, -0.1) is 0 Å². The largest absolute Gasteiger partial charge is 0.369 e. The zero-order chi connectivity index (χ0) is 21.9. The Balaban J connectivity index is 1.56. The Bertz CT molecular complexity index is 924. The summed E-state index contributed by atoms with van der Waals surface area (Å²) in [4.78, 5) is 38.1. The highest BCUT2D eigenvalue weighted by Gasteiger charge is 2.83. The normalized spacial score (nSPS) is 35.1. The van der Waals surface area contributed by atoms with E-state index in [1.807, 2.05) is 0 Å². The first-order chi connectivity index (χ1) is 14.9. The molecule has 5 rings (SSSR count). The first-order valence-electron chi connectivity index (χ1n) is 11.4. The predicted molar refractivity (Wildman–Crippen MR) is 120 cm³/mol. The summed E-state index contributed by atoms with van der Waals surface area (Å²) in [6, 6.07) is 0. The summed E-state index contributed by atoms with van der Waals surface area (Å²) < 4.78 is 0.575. The molecule has 3 fully saturated rings. The van der Waals surface area contributed by atoms with E-state index in [-0.39, 0.29) is 17.3 Å². The highest BCUT2D eigenvalue weighted by Crippen LogP contribution is 2.80. The molecule has 3 aliphatic carbocycles. The minimum atomic E-state index is -1.25. The molecule has 1 aromatic rings. The SMILES string of the molecule is NC(=O)[C@]1(c2cnc(Br)cn2)[C@H]2C=C[C@H](C23CC3)[C@@]1(CCCCN1CCCC1)C(N)=O. The van der Waals surface area contributed by atoms with Crippen molar-refractivity contribution in [3.63, 3.8) is 0 Å². The van der Waals surface area contributed by atoms with Crippen molar-refractivity contribution >= 4 is 27.7 Å². The lowest BCUT2D eigenvalue weighted by atomic mass is 9.53. The molecule has 1 spiro atoms. The van der Waals surface area contributed by atoms with Crippen LogP contribution in [0.5, 0.6) is 0 Å². The molecule has 4 aliphatic rings. The molecule has 0 radical (unpaired) electrons. The average molecular weight is 488 g/mol. The van der Waals surface area contributed by atoms with Gasteiger partial charge in [0.2, 0.25) is 11.8 Å². The highest BCUT2D eigenvalue weighted by molar-refractivity contribution is 9.10. The van der Waals surface area contributed by atoms with Crippen molar-refractivity contribution in [2.75, 3.05) is 19.6 Å². The molecule has 1 aliphatic heterocycles. The third-order valence-corrected chi connectivity index (χ3v) is 9.02. The number of nitrogens with zero attached hydrogens (tertiary/aromatic N) is 3. The van der Waals surface area contributed by atoms with Gasteiger partial charge in [0.15, 0.2) is 0 Å². The molecule has 1 saturated heterocycles. The fourth-order valence-electron chi connectivity index (χ4n) is 7.29. The number of aromatic nitrogens is 2. The third-order valence-electron chi connectivity index (χ3n) is 8.61. The van der Waals surface area contributed by atoms with E-state index < -0.39 is 22.6 Å². The van der Waals surface area contributed by atoms with Crippen molar-refractivity contribution < 1.29 is 9.59 Å². The third kappa shape index (κ3) is 2.73. The number of nitrogens with two attached hydrogens (primary N) is 2. The molecule has 1 aromatic heterocycles. The van der Waals surface area contributed by atoms with Gasteiger partial charge in [-0.3, -0.25) is 14.6 Å². The molecule has 0 unspecified atom stereocenters. The van der Waals surface area contributed by atoms with Gasteiger partial charge in [-0.25, -0.2) is 4.98 Å².